The molecule has 0 N–H and O–H groups in total. The summed E-state index contributed by atoms with van der Waals surface area (Å²) >= 11 is 0. The van der Waals surface area contributed by atoms with Crippen molar-refractivity contribution < 1.29 is 79.0 Å². The predicted octanol–water partition coefficient (Wildman–Crippen LogP) is 6.18. The third kappa shape index (κ3) is 4.21. The summed E-state index contributed by atoms with van der Waals surface area (Å²) in [6, 6.07) is 0. The van der Waals surface area contributed by atoms with Gasteiger partial charge in [0.15, 0.2) is 64.0 Å². The van der Waals surface area contributed by atoms with Gasteiger partial charge in [-0.15, -0.1) is 16.4 Å². The lowest BCUT2D eigenvalue weighted by molar-refractivity contribution is 0.379. The lowest BCUT2D eigenvalue weighted by Crippen LogP contribution is -2.81. The van der Waals surface area contributed by atoms with Crippen molar-refractivity contribution in [2.75, 3.05) is 0 Å². The lowest BCUT2D eigenvalue weighted by atomic mass is 9.12. The smallest absolute Gasteiger partial charge is 0.200 e. The fourth-order valence-electron chi connectivity index (χ4n) is 5.30. The molecule has 0 saturated heterocycles. The van der Waals surface area contributed by atoms with Gasteiger partial charge in [-0.3, -0.25) is 0 Å². The first-order valence-corrected chi connectivity index (χ1v) is 11.6. The van der Waals surface area contributed by atoms with E-state index in [9.17, 15) is 48.3 Å². The van der Waals surface area contributed by atoms with Gasteiger partial charge in [0.2, 0.25) is 0 Å². The van der Waals surface area contributed by atoms with Crippen molar-refractivity contribution in [1.82, 2.24) is 0 Å². The zero-order chi connectivity index (χ0) is 34.4. The monoisotopic (exact) mass is 671 g/mol. The van der Waals surface area contributed by atoms with Gasteiger partial charge in [0.05, 0.1) is 0 Å². The molecule has 0 radical (unpaired) electrons. The Kier molecular flexibility index (Phi) is 8.16. The Balaban J connectivity index is 2.69. The fraction of sp³-hybridized carbons (Fsp3) is 0.0769. The van der Waals surface area contributed by atoms with Gasteiger partial charge in [-0.25, -0.2) is 79.0 Å². The predicted molar refractivity (Wildman–Crippen MR) is 119 cm³/mol. The van der Waals surface area contributed by atoms with Crippen LogP contribution < -0.4 is 21.9 Å². The molecule has 0 saturated carbocycles. The maximum absolute atomic E-state index is 15.8. The molecular formula is C26H6BF18-. The van der Waals surface area contributed by atoms with E-state index in [0.717, 1.165) is 0 Å². The van der Waals surface area contributed by atoms with Gasteiger partial charge >= 0.3 is 0 Å². The second-order valence-electron chi connectivity index (χ2n) is 9.42. The van der Waals surface area contributed by atoms with Gasteiger partial charge < -0.3 is 0 Å². The molecule has 0 spiro atoms. The molecule has 0 bridgehead atoms. The van der Waals surface area contributed by atoms with E-state index >= 15 is 30.7 Å². The standard InChI is InChI=1S/C26H6BF18/c1-3-4(2)9(28)17(36)10(29)5(3)27(6-11(30)18(37)24(43)19(38)12(6)31,7-13(32)20(39)25(44)21(40)14(7)33)8-15(34)22(41)26(45)23(42)16(8)35/h1-2H3/q-1. The van der Waals surface area contributed by atoms with Crippen LogP contribution in [0.2, 0.25) is 0 Å². The molecule has 4 aromatic rings. The van der Waals surface area contributed by atoms with E-state index in [4.69, 9.17) is 0 Å². The highest BCUT2D eigenvalue weighted by Crippen LogP contribution is 2.31. The molecule has 0 aromatic heterocycles. The highest BCUT2D eigenvalue weighted by atomic mass is 19.2. The van der Waals surface area contributed by atoms with Crippen molar-refractivity contribution >= 4 is 28.0 Å². The minimum atomic E-state index is -6.60. The summed E-state index contributed by atoms with van der Waals surface area (Å²) in [5.41, 5.74) is -15.0. The third-order valence-electron chi connectivity index (χ3n) is 7.38. The van der Waals surface area contributed by atoms with E-state index in [0.29, 0.717) is 6.92 Å². The molecule has 0 unspecified atom stereocenters. The molecule has 0 aliphatic carbocycles. The normalized spacial score (nSPS) is 12.0. The molecule has 0 nitrogen and oxygen atoms in total. The third-order valence-corrected chi connectivity index (χ3v) is 7.38. The molecule has 45 heavy (non-hydrogen) atoms. The number of hydrogen-bond acceptors (Lipinski definition) is 0. The highest BCUT2D eigenvalue weighted by molar-refractivity contribution is 7.20. The first kappa shape index (κ1) is 33.6. The number of hydrogen-bond donors (Lipinski definition) is 0. The molecule has 0 fully saturated rings. The summed E-state index contributed by atoms with van der Waals surface area (Å²) < 4.78 is 268. The maximum atomic E-state index is 15.8. The Morgan fingerprint density at radius 1 is 0.222 bits per heavy atom. The molecule has 0 aliphatic heterocycles. The van der Waals surface area contributed by atoms with Crippen molar-refractivity contribution in [1.29, 1.82) is 0 Å². The first-order valence-electron chi connectivity index (χ1n) is 11.6. The minimum Gasteiger partial charge on any atom is -0.207 e. The van der Waals surface area contributed by atoms with Gasteiger partial charge in [0.1, 0.15) is 46.9 Å². The van der Waals surface area contributed by atoms with Crippen molar-refractivity contribution in [3.05, 3.63) is 116 Å². The summed E-state index contributed by atoms with van der Waals surface area (Å²) in [7, 11) is 0. The molecule has 0 atom stereocenters. The lowest BCUT2D eigenvalue weighted by Gasteiger charge is -2.46. The highest BCUT2D eigenvalue weighted by Gasteiger charge is 2.51. The van der Waals surface area contributed by atoms with Crippen LogP contribution in [0, 0.1) is 119 Å². The van der Waals surface area contributed by atoms with Gasteiger partial charge in [0, 0.05) is 0 Å². The van der Waals surface area contributed by atoms with Crippen molar-refractivity contribution in [3.8, 4) is 0 Å². The Bertz CT molecular complexity index is 1570. The Morgan fingerprint density at radius 3 is 0.644 bits per heavy atom. The van der Waals surface area contributed by atoms with Crippen LogP contribution in [0.25, 0.3) is 0 Å². The van der Waals surface area contributed by atoms with Crippen LogP contribution in [-0.2, 0) is 0 Å². The average molecular weight is 671 g/mol. The second-order valence-corrected chi connectivity index (χ2v) is 9.42. The molecule has 0 amide bonds. The quantitative estimate of drug-likeness (QED) is 0.105. The Morgan fingerprint density at radius 2 is 0.400 bits per heavy atom. The van der Waals surface area contributed by atoms with Crippen LogP contribution in [0.4, 0.5) is 79.0 Å². The van der Waals surface area contributed by atoms with E-state index in [1.165, 1.54) is 0 Å². The Labute approximate surface area is 237 Å². The van der Waals surface area contributed by atoms with Crippen molar-refractivity contribution in [3.63, 3.8) is 0 Å². The minimum absolute atomic E-state index is 0.261. The van der Waals surface area contributed by atoms with E-state index in [2.05, 4.69) is 0 Å². The molecule has 0 heterocycles. The summed E-state index contributed by atoms with van der Waals surface area (Å²) in [6.07, 6.45) is -6.60. The van der Waals surface area contributed by atoms with Crippen LogP contribution in [-0.4, -0.2) is 6.15 Å². The number of rotatable bonds is 4. The van der Waals surface area contributed by atoms with Crippen LogP contribution >= 0.6 is 0 Å². The SMILES string of the molecule is Cc1c(C)c([B-](c2c(F)c(F)c(F)c(F)c2F)(c2c(F)c(F)c(F)c(F)c2F)c2c(F)c(F)c(F)c(F)c2F)c(F)c(F)c1F. The zero-order valence-electron chi connectivity index (χ0n) is 21.4. The fourth-order valence-corrected chi connectivity index (χ4v) is 5.30. The molecular weight excluding hydrogens is 665 g/mol. The largest absolute Gasteiger partial charge is 0.207 e. The topological polar surface area (TPSA) is 0 Å². The molecule has 19 heteroatoms. The molecule has 240 valence electrons. The van der Waals surface area contributed by atoms with Gasteiger partial charge in [-0.1, -0.05) is 5.56 Å². The van der Waals surface area contributed by atoms with Gasteiger partial charge in [-0.05, 0) is 19.4 Å². The average Bonchev–Trinajstić information content (AvgIpc) is 3.00. The molecule has 4 rings (SSSR count). The maximum Gasteiger partial charge on any atom is 0.200 e. The zero-order valence-corrected chi connectivity index (χ0v) is 21.4. The van der Waals surface area contributed by atoms with Crippen molar-refractivity contribution in [2.24, 2.45) is 0 Å². The van der Waals surface area contributed by atoms with Gasteiger partial charge in [0.25, 0.3) is 0 Å². The van der Waals surface area contributed by atoms with E-state index in [1.54, 1.807) is 0 Å². The van der Waals surface area contributed by atoms with Crippen LogP contribution in [0.1, 0.15) is 11.1 Å². The van der Waals surface area contributed by atoms with Crippen LogP contribution in [0.15, 0.2) is 0 Å². The van der Waals surface area contributed by atoms with E-state index in [1.807, 2.05) is 0 Å². The summed E-state index contributed by atoms with van der Waals surface area (Å²) in [5, 5.41) is 0. The summed E-state index contributed by atoms with van der Waals surface area (Å²) in [4.78, 5) is 0. The number of halogens is 18. The van der Waals surface area contributed by atoms with Crippen LogP contribution in [0.5, 0.6) is 0 Å². The van der Waals surface area contributed by atoms with E-state index < -0.39 is 144 Å². The Hall–Kier alpha value is -4.32. The summed E-state index contributed by atoms with van der Waals surface area (Å²) in [5.74, 6) is -58.3. The van der Waals surface area contributed by atoms with Crippen molar-refractivity contribution in [2.45, 2.75) is 13.8 Å². The molecule has 0 aliphatic rings. The number of benzene rings is 4. The van der Waals surface area contributed by atoms with Gasteiger partial charge in [-0.2, -0.15) is 5.46 Å². The molecule has 4 aromatic carbocycles. The van der Waals surface area contributed by atoms with Crippen LogP contribution in [0.3, 0.4) is 0 Å². The second kappa shape index (κ2) is 10.9. The summed E-state index contributed by atoms with van der Waals surface area (Å²) in [6.45, 7) is 0.657. The van der Waals surface area contributed by atoms with E-state index in [-0.39, 0.29) is 6.92 Å². The first-order chi connectivity index (χ1) is 20.7.